The topological polar surface area (TPSA) is 55.1 Å². The van der Waals surface area contributed by atoms with Gasteiger partial charge in [0.05, 0.1) is 5.54 Å². The molecule has 0 aliphatic heterocycles. The normalized spacial score (nSPS) is 18.9. The molecule has 0 spiro atoms. The van der Waals surface area contributed by atoms with Crippen LogP contribution in [-0.4, -0.2) is 30.0 Å². The fourth-order valence-corrected chi connectivity index (χ4v) is 2.01. The van der Waals surface area contributed by atoms with Gasteiger partial charge >= 0.3 is 0 Å². The van der Waals surface area contributed by atoms with Gasteiger partial charge in [-0.15, -0.1) is 12.4 Å². The van der Waals surface area contributed by atoms with Crippen LogP contribution in [0.3, 0.4) is 0 Å². The maximum atomic E-state index is 11.5. The number of nitrogens with two attached hydrogens (primary N) is 1. The van der Waals surface area contributed by atoms with E-state index in [0.29, 0.717) is 18.9 Å². The van der Waals surface area contributed by atoms with Crippen LogP contribution in [0.5, 0.6) is 0 Å². The van der Waals surface area contributed by atoms with E-state index in [-0.39, 0.29) is 23.9 Å². The first kappa shape index (κ1) is 15.1. The number of hydrogen-bond acceptors (Lipinski definition) is 3. The van der Waals surface area contributed by atoms with Gasteiger partial charge in [-0.3, -0.25) is 4.79 Å². The van der Waals surface area contributed by atoms with Crippen molar-refractivity contribution >= 4 is 30.1 Å². The molecule has 5 heteroatoms. The maximum absolute atomic E-state index is 11.5. The van der Waals surface area contributed by atoms with E-state index >= 15 is 0 Å². The second kappa shape index (κ2) is 6.61. The molecule has 1 amide bonds. The molecule has 0 aromatic rings. The van der Waals surface area contributed by atoms with Crippen LogP contribution in [0.4, 0.5) is 0 Å². The molecular formula is C10H21ClN2OS. The minimum absolute atomic E-state index is 0. The molecule has 0 radical (unpaired) electrons. The van der Waals surface area contributed by atoms with Crippen molar-refractivity contribution in [1.29, 1.82) is 0 Å². The number of carbonyl (C=O) groups is 1. The van der Waals surface area contributed by atoms with Crippen LogP contribution in [0.25, 0.3) is 0 Å². The number of carbonyl (C=O) groups excluding carboxylic acids is 1. The van der Waals surface area contributed by atoms with Gasteiger partial charge < -0.3 is 11.1 Å². The summed E-state index contributed by atoms with van der Waals surface area (Å²) in [4.78, 5) is 11.5. The second-order valence-electron chi connectivity index (χ2n) is 4.19. The first-order valence-corrected chi connectivity index (χ1v) is 6.52. The van der Waals surface area contributed by atoms with Crippen molar-refractivity contribution in [2.45, 2.75) is 31.7 Å². The van der Waals surface area contributed by atoms with Gasteiger partial charge in [0, 0.05) is 18.7 Å². The number of rotatable bonds is 6. The Hall–Kier alpha value is 0.0700. The lowest BCUT2D eigenvalue weighted by molar-refractivity contribution is -0.122. The van der Waals surface area contributed by atoms with Crippen LogP contribution in [0.2, 0.25) is 0 Å². The van der Waals surface area contributed by atoms with Gasteiger partial charge in [0.1, 0.15) is 0 Å². The Balaban J connectivity index is 0.00000196. The van der Waals surface area contributed by atoms with Crippen molar-refractivity contribution in [3.63, 3.8) is 0 Å². The molecule has 1 rings (SSSR count). The van der Waals surface area contributed by atoms with Crippen LogP contribution >= 0.6 is 24.2 Å². The molecular weight excluding hydrogens is 232 g/mol. The monoisotopic (exact) mass is 252 g/mol. The first-order valence-electron chi connectivity index (χ1n) is 5.12. The van der Waals surface area contributed by atoms with E-state index in [4.69, 9.17) is 5.73 Å². The lowest BCUT2D eigenvalue weighted by Crippen LogP contribution is -2.53. The molecule has 3 nitrogen and oxygen atoms in total. The highest BCUT2D eigenvalue weighted by atomic mass is 35.5. The predicted octanol–water partition coefficient (Wildman–Crippen LogP) is 1.40. The maximum Gasteiger partial charge on any atom is 0.221 e. The minimum atomic E-state index is -0.157. The van der Waals surface area contributed by atoms with Gasteiger partial charge in [0.2, 0.25) is 5.91 Å². The molecule has 90 valence electrons. The average molecular weight is 253 g/mol. The summed E-state index contributed by atoms with van der Waals surface area (Å²) < 4.78 is 0. The summed E-state index contributed by atoms with van der Waals surface area (Å²) in [5.74, 6) is 1.63. The molecule has 0 bridgehead atoms. The van der Waals surface area contributed by atoms with E-state index in [2.05, 4.69) is 12.2 Å². The fraction of sp³-hybridized carbons (Fsp3) is 0.900. The quantitative estimate of drug-likeness (QED) is 0.752. The molecule has 1 atom stereocenters. The number of hydrogen-bond donors (Lipinski definition) is 2. The van der Waals surface area contributed by atoms with Gasteiger partial charge in [0.15, 0.2) is 0 Å². The Bertz CT molecular complexity index is 212. The highest BCUT2D eigenvalue weighted by Gasteiger charge is 2.41. The predicted molar refractivity (Wildman–Crippen MR) is 68.6 cm³/mol. The smallest absolute Gasteiger partial charge is 0.221 e. The van der Waals surface area contributed by atoms with E-state index in [1.165, 1.54) is 12.8 Å². The fourth-order valence-electron chi connectivity index (χ4n) is 1.62. The molecule has 1 saturated carbocycles. The van der Waals surface area contributed by atoms with Gasteiger partial charge in [-0.25, -0.2) is 0 Å². The van der Waals surface area contributed by atoms with E-state index in [9.17, 15) is 4.79 Å². The number of nitrogens with one attached hydrogen (secondary N) is 1. The molecule has 0 heterocycles. The highest BCUT2D eigenvalue weighted by molar-refractivity contribution is 7.98. The van der Waals surface area contributed by atoms with Crippen LogP contribution in [-0.2, 0) is 4.79 Å². The summed E-state index contributed by atoms with van der Waals surface area (Å²) in [5, 5.41) is 3.06. The molecule has 0 saturated heterocycles. The van der Waals surface area contributed by atoms with Gasteiger partial charge in [-0.2, -0.15) is 11.8 Å². The summed E-state index contributed by atoms with van der Waals surface area (Å²) in [5.41, 5.74) is 5.55. The molecule has 15 heavy (non-hydrogen) atoms. The number of halogens is 1. The summed E-state index contributed by atoms with van der Waals surface area (Å²) in [6, 6.07) is 0. The van der Waals surface area contributed by atoms with E-state index in [1.807, 2.05) is 6.26 Å². The summed E-state index contributed by atoms with van der Waals surface area (Å²) in [7, 11) is 0. The highest BCUT2D eigenvalue weighted by Crippen LogP contribution is 2.38. The average Bonchev–Trinajstić information content (AvgIpc) is 2.97. The zero-order valence-electron chi connectivity index (χ0n) is 9.41. The van der Waals surface area contributed by atoms with Crippen LogP contribution in [0.1, 0.15) is 26.2 Å². The molecule has 0 aromatic heterocycles. The molecule has 3 N–H and O–H groups in total. The second-order valence-corrected chi connectivity index (χ2v) is 5.17. The van der Waals surface area contributed by atoms with Crippen molar-refractivity contribution in [2.24, 2.45) is 11.7 Å². The van der Waals surface area contributed by atoms with Crippen molar-refractivity contribution in [3.8, 4) is 0 Å². The van der Waals surface area contributed by atoms with Crippen LogP contribution in [0, 0.1) is 5.92 Å². The Morgan fingerprint density at radius 3 is 2.60 bits per heavy atom. The Kier molecular flexibility index (Phi) is 6.64. The Morgan fingerprint density at radius 2 is 2.20 bits per heavy atom. The van der Waals surface area contributed by atoms with Crippen LogP contribution < -0.4 is 11.1 Å². The van der Waals surface area contributed by atoms with Crippen molar-refractivity contribution in [2.75, 3.05) is 18.6 Å². The standard InChI is InChI=1S/C10H20N2OS.ClH/c1-10(7-11,8-3-4-8)12-9(13)5-6-14-2;/h8H,3-7,11H2,1-2H3,(H,12,13);1H. The number of thioether (sulfide) groups is 1. The first-order chi connectivity index (χ1) is 6.62. The zero-order chi connectivity index (χ0) is 10.6. The van der Waals surface area contributed by atoms with Crippen molar-refractivity contribution in [3.05, 3.63) is 0 Å². The van der Waals surface area contributed by atoms with Crippen molar-refractivity contribution < 1.29 is 4.79 Å². The Labute approximate surface area is 102 Å². The van der Waals surface area contributed by atoms with E-state index in [0.717, 1.165) is 5.75 Å². The summed E-state index contributed by atoms with van der Waals surface area (Å²) in [6.07, 6.45) is 5.02. The van der Waals surface area contributed by atoms with Crippen molar-refractivity contribution in [1.82, 2.24) is 5.32 Å². The third kappa shape index (κ3) is 4.62. The zero-order valence-corrected chi connectivity index (χ0v) is 11.0. The minimum Gasteiger partial charge on any atom is -0.349 e. The van der Waals surface area contributed by atoms with Crippen LogP contribution in [0.15, 0.2) is 0 Å². The summed E-state index contributed by atoms with van der Waals surface area (Å²) >= 11 is 1.70. The van der Waals surface area contributed by atoms with Gasteiger partial charge in [0.25, 0.3) is 0 Å². The molecule has 0 aromatic carbocycles. The lowest BCUT2D eigenvalue weighted by atomic mass is 9.96. The summed E-state index contributed by atoms with van der Waals surface area (Å²) in [6.45, 7) is 2.60. The third-order valence-corrected chi connectivity index (χ3v) is 3.47. The third-order valence-electron chi connectivity index (χ3n) is 2.86. The van der Waals surface area contributed by atoms with Gasteiger partial charge in [-0.05, 0) is 31.9 Å². The van der Waals surface area contributed by atoms with E-state index in [1.54, 1.807) is 11.8 Å². The largest absolute Gasteiger partial charge is 0.349 e. The molecule has 1 aliphatic carbocycles. The Morgan fingerprint density at radius 1 is 1.60 bits per heavy atom. The van der Waals surface area contributed by atoms with Gasteiger partial charge in [-0.1, -0.05) is 0 Å². The molecule has 1 aliphatic rings. The molecule has 1 fully saturated rings. The SMILES string of the molecule is CSCCC(=O)NC(C)(CN)C1CC1.Cl. The molecule has 1 unspecified atom stereocenters. The lowest BCUT2D eigenvalue weighted by Gasteiger charge is -2.29. The van der Waals surface area contributed by atoms with E-state index < -0.39 is 0 Å². The number of amides is 1.